The second-order valence-electron chi connectivity index (χ2n) is 4.61. The molecule has 1 N–H and O–H groups in total. The Kier molecular flexibility index (Phi) is 4.77. The van der Waals surface area contributed by atoms with Crippen LogP contribution in [0.15, 0.2) is 22.7 Å². The molecule has 1 aromatic heterocycles. The summed E-state index contributed by atoms with van der Waals surface area (Å²) in [6.07, 6.45) is 0. The summed E-state index contributed by atoms with van der Waals surface area (Å²) in [6, 6.07) is 4.57. The Bertz CT molecular complexity index is 656. The molecular formula is C13H17N5O4. The number of nitrogens with one attached hydrogen (secondary N) is 1. The molecule has 0 fully saturated rings. The van der Waals surface area contributed by atoms with Crippen molar-refractivity contribution in [1.82, 2.24) is 10.1 Å². The van der Waals surface area contributed by atoms with Gasteiger partial charge in [0.1, 0.15) is 0 Å². The van der Waals surface area contributed by atoms with Gasteiger partial charge in [-0.15, -0.1) is 0 Å². The van der Waals surface area contributed by atoms with Gasteiger partial charge in [0.05, 0.1) is 18.1 Å². The van der Waals surface area contributed by atoms with E-state index in [9.17, 15) is 10.1 Å². The third kappa shape index (κ3) is 3.62. The van der Waals surface area contributed by atoms with Crippen LogP contribution in [0.5, 0.6) is 5.75 Å². The number of ether oxygens (including phenoxy) is 1. The van der Waals surface area contributed by atoms with Crippen molar-refractivity contribution in [2.45, 2.75) is 13.5 Å². The van der Waals surface area contributed by atoms with Crippen molar-refractivity contribution in [2.24, 2.45) is 0 Å². The topological polar surface area (TPSA) is 107 Å². The number of hydrogen-bond donors (Lipinski definition) is 1. The third-order valence-electron chi connectivity index (χ3n) is 2.76. The molecule has 0 unspecified atom stereocenters. The van der Waals surface area contributed by atoms with Gasteiger partial charge in [0.2, 0.25) is 5.89 Å². The molecule has 118 valence electrons. The highest BCUT2D eigenvalue weighted by Crippen LogP contribution is 2.30. The molecule has 0 atom stereocenters. The summed E-state index contributed by atoms with van der Waals surface area (Å²) in [5.41, 5.74) is 0.596. The number of anilines is 2. The number of hydrogen-bond acceptors (Lipinski definition) is 8. The normalized spacial score (nSPS) is 10.3. The van der Waals surface area contributed by atoms with Crippen LogP contribution in [0.25, 0.3) is 0 Å². The van der Waals surface area contributed by atoms with Gasteiger partial charge in [-0.25, -0.2) is 0 Å². The first-order valence-electron chi connectivity index (χ1n) is 6.66. The van der Waals surface area contributed by atoms with Gasteiger partial charge in [0, 0.05) is 31.9 Å². The summed E-state index contributed by atoms with van der Waals surface area (Å²) in [4.78, 5) is 16.3. The smallest absolute Gasteiger partial charge is 0.311 e. The highest BCUT2D eigenvalue weighted by molar-refractivity contribution is 5.58. The molecule has 2 rings (SSSR count). The van der Waals surface area contributed by atoms with Crippen molar-refractivity contribution in [2.75, 3.05) is 30.9 Å². The summed E-state index contributed by atoms with van der Waals surface area (Å²) in [5, 5.41) is 17.8. The maximum Gasteiger partial charge on any atom is 0.311 e. The molecule has 1 heterocycles. The van der Waals surface area contributed by atoms with Gasteiger partial charge < -0.3 is 19.5 Å². The molecule has 9 heteroatoms. The van der Waals surface area contributed by atoms with Gasteiger partial charge in [-0.05, 0) is 18.1 Å². The maximum absolute atomic E-state index is 10.9. The highest BCUT2D eigenvalue weighted by atomic mass is 16.6. The SMILES string of the molecule is CCOc1cc(NCc2nc(N(C)C)no2)ccc1[N+](=O)[O-]. The number of nitrogens with zero attached hydrogens (tertiary/aromatic N) is 4. The molecule has 22 heavy (non-hydrogen) atoms. The fourth-order valence-electron chi connectivity index (χ4n) is 1.72. The minimum Gasteiger partial charge on any atom is -0.487 e. The number of nitro groups is 1. The van der Waals surface area contributed by atoms with Gasteiger partial charge in [-0.1, -0.05) is 0 Å². The predicted molar refractivity (Wildman–Crippen MR) is 80.2 cm³/mol. The molecule has 0 saturated carbocycles. The van der Waals surface area contributed by atoms with E-state index in [2.05, 4.69) is 15.5 Å². The van der Waals surface area contributed by atoms with Gasteiger partial charge in [0.25, 0.3) is 5.95 Å². The molecule has 0 aliphatic carbocycles. The average Bonchev–Trinajstić information content (AvgIpc) is 2.94. The number of rotatable bonds is 7. The maximum atomic E-state index is 10.9. The molecule has 1 aromatic carbocycles. The van der Waals surface area contributed by atoms with Crippen molar-refractivity contribution in [1.29, 1.82) is 0 Å². The van der Waals surface area contributed by atoms with E-state index in [1.807, 2.05) is 14.1 Å². The van der Waals surface area contributed by atoms with E-state index in [0.717, 1.165) is 0 Å². The van der Waals surface area contributed by atoms with Gasteiger partial charge in [-0.3, -0.25) is 10.1 Å². The molecule has 0 aliphatic heterocycles. The molecule has 0 aliphatic rings. The lowest BCUT2D eigenvalue weighted by molar-refractivity contribution is -0.385. The monoisotopic (exact) mass is 307 g/mol. The molecule has 9 nitrogen and oxygen atoms in total. The number of benzene rings is 1. The van der Waals surface area contributed by atoms with Crippen molar-refractivity contribution < 1.29 is 14.2 Å². The fraction of sp³-hybridized carbons (Fsp3) is 0.385. The molecule has 0 saturated heterocycles. The first-order chi connectivity index (χ1) is 10.5. The quantitative estimate of drug-likeness (QED) is 0.612. The zero-order valence-corrected chi connectivity index (χ0v) is 12.6. The van der Waals surface area contributed by atoms with E-state index >= 15 is 0 Å². The van der Waals surface area contributed by atoms with E-state index in [0.29, 0.717) is 30.7 Å². The second-order valence-corrected chi connectivity index (χ2v) is 4.61. The molecule has 0 radical (unpaired) electrons. The summed E-state index contributed by atoms with van der Waals surface area (Å²) in [7, 11) is 3.62. The molecular weight excluding hydrogens is 290 g/mol. The van der Waals surface area contributed by atoms with Gasteiger partial charge >= 0.3 is 5.69 Å². The Balaban J connectivity index is 2.08. The van der Waals surface area contributed by atoms with Crippen LogP contribution in [-0.2, 0) is 6.54 Å². The van der Waals surface area contributed by atoms with E-state index < -0.39 is 4.92 Å². The second kappa shape index (κ2) is 6.74. The summed E-state index contributed by atoms with van der Waals surface area (Å²) >= 11 is 0. The lowest BCUT2D eigenvalue weighted by Gasteiger charge is -2.08. The lowest BCUT2D eigenvalue weighted by Crippen LogP contribution is -2.10. The van der Waals surface area contributed by atoms with Crippen molar-refractivity contribution in [3.63, 3.8) is 0 Å². The predicted octanol–water partition coefficient (Wildman–Crippen LogP) is 2.05. The molecule has 0 bridgehead atoms. The van der Waals surface area contributed by atoms with Crippen molar-refractivity contribution in [3.8, 4) is 5.75 Å². The largest absolute Gasteiger partial charge is 0.487 e. The third-order valence-corrected chi connectivity index (χ3v) is 2.76. The average molecular weight is 307 g/mol. The van der Waals surface area contributed by atoms with Gasteiger partial charge in [-0.2, -0.15) is 4.98 Å². The van der Waals surface area contributed by atoms with Crippen LogP contribution in [0.2, 0.25) is 0 Å². The Morgan fingerprint density at radius 2 is 2.23 bits per heavy atom. The van der Waals surface area contributed by atoms with Crippen molar-refractivity contribution in [3.05, 3.63) is 34.2 Å². The van der Waals surface area contributed by atoms with Crippen LogP contribution >= 0.6 is 0 Å². The Hall–Kier alpha value is -2.84. The van der Waals surface area contributed by atoms with Crippen LogP contribution in [-0.4, -0.2) is 35.8 Å². The zero-order chi connectivity index (χ0) is 16.1. The van der Waals surface area contributed by atoms with E-state index in [4.69, 9.17) is 9.26 Å². The van der Waals surface area contributed by atoms with E-state index in [1.165, 1.54) is 6.07 Å². The van der Waals surface area contributed by atoms with Gasteiger partial charge in [0.15, 0.2) is 5.75 Å². The molecule has 0 spiro atoms. The van der Waals surface area contributed by atoms with Crippen LogP contribution in [0.3, 0.4) is 0 Å². The minimum atomic E-state index is -0.476. The summed E-state index contributed by atoms with van der Waals surface area (Å²) in [5.74, 6) is 1.12. The number of nitro benzene ring substituents is 1. The summed E-state index contributed by atoms with van der Waals surface area (Å²) in [6.45, 7) is 2.43. The Morgan fingerprint density at radius 3 is 2.82 bits per heavy atom. The molecule has 0 amide bonds. The van der Waals surface area contributed by atoms with E-state index in [1.54, 1.807) is 24.0 Å². The highest BCUT2D eigenvalue weighted by Gasteiger charge is 2.15. The first kappa shape index (κ1) is 15.5. The first-order valence-corrected chi connectivity index (χ1v) is 6.66. The molecule has 2 aromatic rings. The van der Waals surface area contributed by atoms with Crippen LogP contribution in [0.4, 0.5) is 17.3 Å². The number of aromatic nitrogens is 2. The van der Waals surface area contributed by atoms with Crippen LogP contribution in [0, 0.1) is 10.1 Å². The summed E-state index contributed by atoms with van der Waals surface area (Å²) < 4.78 is 10.4. The Labute approximate surface area is 127 Å². The standard InChI is InChI=1S/C13H17N5O4/c1-4-21-11-7-9(5-6-10(11)18(19)20)14-8-12-15-13(16-22-12)17(2)3/h5-7,14H,4,8H2,1-3H3. The van der Waals surface area contributed by atoms with Crippen molar-refractivity contribution >= 4 is 17.3 Å². The fourth-order valence-corrected chi connectivity index (χ4v) is 1.72. The Morgan fingerprint density at radius 1 is 1.45 bits per heavy atom. The minimum absolute atomic E-state index is 0.0694. The van der Waals surface area contributed by atoms with Crippen LogP contribution in [0.1, 0.15) is 12.8 Å². The lowest BCUT2D eigenvalue weighted by atomic mass is 10.2. The van der Waals surface area contributed by atoms with Crippen LogP contribution < -0.4 is 15.0 Å². The van der Waals surface area contributed by atoms with E-state index in [-0.39, 0.29) is 11.4 Å². The zero-order valence-electron chi connectivity index (χ0n) is 12.6.